The van der Waals surface area contributed by atoms with Crippen LogP contribution in [0.5, 0.6) is 0 Å². The van der Waals surface area contributed by atoms with E-state index in [4.69, 9.17) is 44.4 Å². The maximum Gasteiger partial charge on any atom is 0.353 e. The molecule has 1 aromatic heterocycles. The van der Waals surface area contributed by atoms with E-state index in [1.165, 1.54) is 12.3 Å². The Hall–Kier alpha value is -1.89. The van der Waals surface area contributed by atoms with E-state index in [-0.39, 0.29) is 33.8 Å². The molecule has 2 aromatic rings. The molecule has 1 aromatic carbocycles. The first-order valence-electron chi connectivity index (χ1n) is 7.99. The molecule has 1 aliphatic rings. The van der Waals surface area contributed by atoms with E-state index in [1.54, 1.807) is 19.9 Å². The molecule has 0 radical (unpaired) electrons. The number of esters is 1. The molecule has 0 saturated carbocycles. The third-order valence-corrected chi connectivity index (χ3v) is 5.15. The van der Waals surface area contributed by atoms with Crippen LogP contribution in [0.2, 0.25) is 15.2 Å². The molecule has 0 spiro atoms. The molecule has 0 bridgehead atoms. The SMILES string of the molecule is CCOC(=O)C1(C)CC(c2cc(-c3ccnc(Cl)c3Cl)c(F)cc2Cl)=NO1. The van der Waals surface area contributed by atoms with Crippen LogP contribution in [-0.2, 0) is 14.4 Å². The third-order valence-electron chi connectivity index (χ3n) is 4.07. The maximum atomic E-state index is 14.5. The largest absolute Gasteiger partial charge is 0.463 e. The normalized spacial score (nSPS) is 18.8. The van der Waals surface area contributed by atoms with E-state index >= 15 is 0 Å². The van der Waals surface area contributed by atoms with Crippen LogP contribution < -0.4 is 0 Å². The standard InChI is InChI=1S/C18H14Cl3FN2O3/c1-3-26-17(25)18(2)8-14(24-27-18)11-6-10(13(22)7-12(11)19)9-4-5-23-16(21)15(9)20/h4-7H,3,8H2,1-2H3. The van der Waals surface area contributed by atoms with E-state index in [2.05, 4.69) is 10.1 Å². The van der Waals surface area contributed by atoms with E-state index in [0.717, 1.165) is 6.07 Å². The fourth-order valence-electron chi connectivity index (χ4n) is 2.68. The summed E-state index contributed by atoms with van der Waals surface area (Å²) < 4.78 is 19.6. The monoisotopic (exact) mass is 430 g/mol. The van der Waals surface area contributed by atoms with Crippen LogP contribution in [0.4, 0.5) is 4.39 Å². The Balaban J connectivity index is 2.01. The number of hydrogen-bond donors (Lipinski definition) is 0. The van der Waals surface area contributed by atoms with Crippen LogP contribution in [-0.4, -0.2) is 28.9 Å². The summed E-state index contributed by atoms with van der Waals surface area (Å²) in [4.78, 5) is 21.3. The van der Waals surface area contributed by atoms with Crippen LogP contribution in [0, 0.1) is 5.82 Å². The van der Waals surface area contributed by atoms with Gasteiger partial charge in [0.2, 0.25) is 5.60 Å². The molecule has 0 N–H and O–H groups in total. The topological polar surface area (TPSA) is 60.8 Å². The van der Waals surface area contributed by atoms with Crippen LogP contribution >= 0.6 is 34.8 Å². The summed E-state index contributed by atoms with van der Waals surface area (Å²) in [5.41, 5.74) is 0.0926. The van der Waals surface area contributed by atoms with Gasteiger partial charge in [0.15, 0.2) is 0 Å². The number of pyridine rings is 1. The summed E-state index contributed by atoms with van der Waals surface area (Å²) in [7, 11) is 0. The van der Waals surface area contributed by atoms with Crippen LogP contribution in [0.25, 0.3) is 11.1 Å². The molecule has 5 nitrogen and oxygen atoms in total. The number of ether oxygens (including phenoxy) is 1. The van der Waals surface area contributed by atoms with Crippen molar-refractivity contribution in [1.82, 2.24) is 4.98 Å². The van der Waals surface area contributed by atoms with E-state index in [0.29, 0.717) is 16.8 Å². The minimum Gasteiger partial charge on any atom is -0.463 e. The Kier molecular flexibility index (Phi) is 5.60. The van der Waals surface area contributed by atoms with Gasteiger partial charge in [-0.15, -0.1) is 0 Å². The average Bonchev–Trinajstić information content (AvgIpc) is 3.02. The van der Waals surface area contributed by atoms with Crippen molar-refractivity contribution in [3.63, 3.8) is 0 Å². The van der Waals surface area contributed by atoms with E-state index in [1.807, 2.05) is 0 Å². The Labute approximate surface area is 170 Å². The lowest BCUT2D eigenvalue weighted by Gasteiger charge is -2.18. The van der Waals surface area contributed by atoms with Gasteiger partial charge in [0, 0.05) is 29.3 Å². The Morgan fingerprint density at radius 1 is 1.30 bits per heavy atom. The Morgan fingerprint density at radius 2 is 2.04 bits per heavy atom. The van der Waals surface area contributed by atoms with Gasteiger partial charge in [-0.1, -0.05) is 40.0 Å². The predicted molar refractivity (Wildman–Crippen MR) is 102 cm³/mol. The van der Waals surface area contributed by atoms with Gasteiger partial charge in [-0.3, -0.25) is 0 Å². The number of hydrogen-bond acceptors (Lipinski definition) is 5. The van der Waals surface area contributed by atoms with Crippen LogP contribution in [0.15, 0.2) is 29.6 Å². The molecule has 1 aliphatic heterocycles. The highest BCUT2D eigenvalue weighted by atomic mass is 35.5. The molecule has 1 unspecified atom stereocenters. The molecule has 142 valence electrons. The van der Waals surface area contributed by atoms with Crippen LogP contribution in [0.1, 0.15) is 25.8 Å². The van der Waals surface area contributed by atoms with Crippen molar-refractivity contribution >= 4 is 46.5 Å². The number of oxime groups is 1. The highest BCUT2D eigenvalue weighted by Crippen LogP contribution is 2.37. The fourth-order valence-corrected chi connectivity index (χ4v) is 3.31. The lowest BCUT2D eigenvalue weighted by atomic mass is 9.94. The second-order valence-corrected chi connectivity index (χ2v) is 7.18. The molecule has 0 saturated heterocycles. The molecule has 9 heteroatoms. The molecular formula is C18H14Cl3FN2O3. The van der Waals surface area contributed by atoms with Gasteiger partial charge in [0.25, 0.3) is 0 Å². The van der Waals surface area contributed by atoms with Gasteiger partial charge >= 0.3 is 5.97 Å². The smallest absolute Gasteiger partial charge is 0.353 e. The number of halogens is 4. The third kappa shape index (κ3) is 3.74. The lowest BCUT2D eigenvalue weighted by Crippen LogP contribution is -2.37. The summed E-state index contributed by atoms with van der Waals surface area (Å²) in [5, 5.41) is 4.27. The van der Waals surface area contributed by atoms with Gasteiger partial charge in [-0.05, 0) is 32.0 Å². The number of carbonyl (C=O) groups is 1. The van der Waals surface area contributed by atoms with Gasteiger partial charge < -0.3 is 9.57 Å². The Morgan fingerprint density at radius 3 is 2.74 bits per heavy atom. The van der Waals surface area contributed by atoms with Gasteiger partial charge in [-0.2, -0.15) is 0 Å². The quantitative estimate of drug-likeness (QED) is 0.487. The molecular weight excluding hydrogens is 418 g/mol. The van der Waals surface area contributed by atoms with Gasteiger partial charge in [0.1, 0.15) is 11.0 Å². The minimum absolute atomic E-state index is 0.0569. The second kappa shape index (κ2) is 7.62. The molecule has 3 rings (SSSR count). The molecule has 0 fully saturated rings. The summed E-state index contributed by atoms with van der Waals surface area (Å²) in [6, 6.07) is 4.19. The van der Waals surface area contributed by atoms with Gasteiger partial charge in [0.05, 0.1) is 22.4 Å². The lowest BCUT2D eigenvalue weighted by molar-refractivity contribution is -0.166. The first-order chi connectivity index (χ1) is 12.8. The molecule has 2 heterocycles. The molecule has 27 heavy (non-hydrogen) atoms. The zero-order valence-corrected chi connectivity index (χ0v) is 16.6. The van der Waals surface area contributed by atoms with E-state index in [9.17, 15) is 9.18 Å². The van der Waals surface area contributed by atoms with Crippen molar-refractivity contribution in [3.05, 3.63) is 51.0 Å². The summed E-state index contributed by atoms with van der Waals surface area (Å²) in [6.07, 6.45) is 1.55. The number of carbonyl (C=O) groups excluding carboxylic acids is 1. The van der Waals surface area contributed by atoms with Crippen molar-refractivity contribution in [2.45, 2.75) is 25.9 Å². The summed E-state index contributed by atoms with van der Waals surface area (Å²) in [6.45, 7) is 3.49. The number of benzene rings is 1. The van der Waals surface area contributed by atoms with E-state index < -0.39 is 17.4 Å². The fraction of sp³-hybridized carbons (Fsp3) is 0.278. The minimum atomic E-state index is -1.26. The average molecular weight is 432 g/mol. The predicted octanol–water partition coefficient (Wildman–Crippen LogP) is 5.29. The van der Waals surface area contributed by atoms with Crippen molar-refractivity contribution in [2.75, 3.05) is 6.61 Å². The highest BCUT2D eigenvalue weighted by molar-refractivity contribution is 6.43. The number of aromatic nitrogens is 1. The first-order valence-corrected chi connectivity index (χ1v) is 9.12. The molecule has 1 atom stereocenters. The summed E-state index contributed by atoms with van der Waals surface area (Å²) >= 11 is 18.3. The zero-order valence-electron chi connectivity index (χ0n) is 14.4. The second-order valence-electron chi connectivity index (χ2n) is 6.03. The number of rotatable bonds is 4. The van der Waals surface area contributed by atoms with Crippen molar-refractivity contribution in [3.8, 4) is 11.1 Å². The number of nitrogens with zero attached hydrogens (tertiary/aromatic N) is 2. The van der Waals surface area contributed by atoms with Crippen molar-refractivity contribution in [2.24, 2.45) is 5.16 Å². The Bertz CT molecular complexity index is 952. The van der Waals surface area contributed by atoms with Crippen molar-refractivity contribution < 1.29 is 18.8 Å². The van der Waals surface area contributed by atoms with Crippen LogP contribution in [0.3, 0.4) is 0 Å². The van der Waals surface area contributed by atoms with Gasteiger partial charge in [-0.25, -0.2) is 14.2 Å². The maximum absolute atomic E-state index is 14.5. The zero-order chi connectivity index (χ0) is 19.8. The highest BCUT2D eigenvalue weighted by Gasteiger charge is 2.44. The molecule has 0 amide bonds. The molecule has 0 aliphatic carbocycles. The van der Waals surface area contributed by atoms with Crippen molar-refractivity contribution in [1.29, 1.82) is 0 Å². The summed E-state index contributed by atoms with van der Waals surface area (Å²) in [5.74, 6) is -1.12. The first kappa shape index (κ1) is 19.9.